The second kappa shape index (κ2) is 7.10. The molecule has 1 atom stereocenters. The van der Waals surface area contributed by atoms with Gasteiger partial charge in [0.2, 0.25) is 0 Å². The van der Waals surface area contributed by atoms with Crippen molar-refractivity contribution in [1.82, 2.24) is 5.32 Å². The van der Waals surface area contributed by atoms with Gasteiger partial charge in [0.15, 0.2) is 0 Å². The van der Waals surface area contributed by atoms with E-state index in [1.54, 1.807) is 0 Å². The molecule has 1 N–H and O–H groups in total. The highest BCUT2D eigenvalue weighted by atomic mass is 127. The van der Waals surface area contributed by atoms with Gasteiger partial charge in [0.1, 0.15) is 11.5 Å². The fourth-order valence-electron chi connectivity index (χ4n) is 2.09. The number of rotatable bonds is 6. The first-order chi connectivity index (χ1) is 9.19. The van der Waals surface area contributed by atoms with Crippen LogP contribution in [0.3, 0.4) is 0 Å². The van der Waals surface area contributed by atoms with Crippen molar-refractivity contribution in [1.29, 1.82) is 0 Å². The third-order valence-electron chi connectivity index (χ3n) is 3.10. The van der Waals surface area contributed by atoms with Gasteiger partial charge in [-0.1, -0.05) is 19.1 Å². The van der Waals surface area contributed by atoms with Gasteiger partial charge in [-0.05, 0) is 78.7 Å². The van der Waals surface area contributed by atoms with Crippen LogP contribution in [0.25, 0.3) is 0 Å². The van der Waals surface area contributed by atoms with Crippen LogP contribution < -0.4 is 5.32 Å². The molecule has 0 bridgehead atoms. The molecule has 102 valence electrons. The summed E-state index contributed by atoms with van der Waals surface area (Å²) in [7, 11) is 0. The summed E-state index contributed by atoms with van der Waals surface area (Å²) in [5.74, 6) is 2.01. The van der Waals surface area contributed by atoms with Gasteiger partial charge in [-0.3, -0.25) is 0 Å². The predicted octanol–water partition coefficient (Wildman–Crippen LogP) is 4.48. The van der Waals surface area contributed by atoms with E-state index < -0.39 is 0 Å². The third-order valence-corrected chi connectivity index (χ3v) is 3.82. The van der Waals surface area contributed by atoms with Crippen LogP contribution in [-0.4, -0.2) is 6.54 Å². The van der Waals surface area contributed by atoms with Crippen LogP contribution in [0.2, 0.25) is 0 Å². The smallest absolute Gasteiger partial charge is 0.121 e. The third kappa shape index (κ3) is 4.35. The molecule has 2 nitrogen and oxygen atoms in total. The molecule has 1 aromatic carbocycles. The quantitative estimate of drug-likeness (QED) is 0.760. The standard InChI is InChI=1S/C16H20INO/c1-3-10-18-15(16-9-4-12(2)19-16)11-13-5-7-14(17)8-6-13/h4-9,15,18H,3,10-11H2,1-2H3. The normalized spacial score (nSPS) is 12.6. The van der Waals surface area contributed by atoms with Gasteiger partial charge < -0.3 is 9.73 Å². The van der Waals surface area contributed by atoms with Crippen molar-refractivity contribution in [3.05, 3.63) is 57.1 Å². The van der Waals surface area contributed by atoms with Crippen LogP contribution in [0.15, 0.2) is 40.8 Å². The molecule has 2 rings (SSSR count). The fourth-order valence-corrected chi connectivity index (χ4v) is 2.45. The van der Waals surface area contributed by atoms with Crippen molar-refractivity contribution in [3.63, 3.8) is 0 Å². The molecule has 2 aromatic rings. The summed E-state index contributed by atoms with van der Waals surface area (Å²) >= 11 is 2.33. The summed E-state index contributed by atoms with van der Waals surface area (Å²) in [6.07, 6.45) is 2.09. The molecule has 0 spiro atoms. The lowest BCUT2D eigenvalue weighted by atomic mass is 10.0. The summed E-state index contributed by atoms with van der Waals surface area (Å²) < 4.78 is 7.05. The van der Waals surface area contributed by atoms with E-state index >= 15 is 0 Å². The van der Waals surface area contributed by atoms with E-state index in [4.69, 9.17) is 4.42 Å². The first-order valence-electron chi connectivity index (χ1n) is 6.73. The molecule has 0 aliphatic rings. The van der Waals surface area contributed by atoms with Crippen molar-refractivity contribution < 1.29 is 4.42 Å². The lowest BCUT2D eigenvalue weighted by Gasteiger charge is -2.16. The topological polar surface area (TPSA) is 25.2 Å². The number of hydrogen-bond donors (Lipinski definition) is 1. The molecule has 1 heterocycles. The summed E-state index contributed by atoms with van der Waals surface area (Å²) in [4.78, 5) is 0. The number of furan rings is 1. The molecule has 1 unspecified atom stereocenters. The highest BCUT2D eigenvalue weighted by Gasteiger charge is 2.15. The van der Waals surface area contributed by atoms with E-state index in [0.717, 1.165) is 30.9 Å². The Bertz CT molecular complexity index is 504. The maximum Gasteiger partial charge on any atom is 0.121 e. The summed E-state index contributed by atoms with van der Waals surface area (Å²) in [5, 5.41) is 3.57. The number of benzene rings is 1. The van der Waals surface area contributed by atoms with Gasteiger partial charge in [-0.25, -0.2) is 0 Å². The van der Waals surface area contributed by atoms with Gasteiger partial charge in [0, 0.05) is 3.57 Å². The van der Waals surface area contributed by atoms with Crippen molar-refractivity contribution in [2.75, 3.05) is 6.54 Å². The number of hydrogen-bond acceptors (Lipinski definition) is 2. The molecular weight excluding hydrogens is 349 g/mol. The Morgan fingerprint density at radius 1 is 1.16 bits per heavy atom. The van der Waals surface area contributed by atoms with E-state index in [9.17, 15) is 0 Å². The van der Waals surface area contributed by atoms with Gasteiger partial charge in [0.25, 0.3) is 0 Å². The number of halogens is 1. The van der Waals surface area contributed by atoms with Crippen molar-refractivity contribution in [3.8, 4) is 0 Å². The minimum absolute atomic E-state index is 0.258. The minimum atomic E-state index is 0.258. The average molecular weight is 369 g/mol. The lowest BCUT2D eigenvalue weighted by Crippen LogP contribution is -2.23. The zero-order valence-corrected chi connectivity index (χ0v) is 13.6. The van der Waals surface area contributed by atoms with E-state index in [0.29, 0.717) is 0 Å². The maximum atomic E-state index is 5.77. The molecule has 0 saturated heterocycles. The van der Waals surface area contributed by atoms with Crippen LogP contribution in [0, 0.1) is 10.5 Å². The molecule has 0 saturated carbocycles. The van der Waals surface area contributed by atoms with Crippen LogP contribution >= 0.6 is 22.6 Å². The van der Waals surface area contributed by atoms with Crippen LogP contribution in [-0.2, 0) is 6.42 Å². The Hall–Kier alpha value is -0.810. The maximum absolute atomic E-state index is 5.77. The monoisotopic (exact) mass is 369 g/mol. The van der Waals surface area contributed by atoms with Crippen molar-refractivity contribution >= 4 is 22.6 Å². The Morgan fingerprint density at radius 3 is 2.47 bits per heavy atom. The number of aryl methyl sites for hydroxylation is 1. The second-order valence-electron chi connectivity index (χ2n) is 4.79. The second-order valence-corrected chi connectivity index (χ2v) is 6.03. The SMILES string of the molecule is CCCNC(Cc1ccc(I)cc1)c1ccc(C)o1. The molecule has 19 heavy (non-hydrogen) atoms. The fraction of sp³-hybridized carbons (Fsp3) is 0.375. The number of nitrogens with one attached hydrogen (secondary N) is 1. The summed E-state index contributed by atoms with van der Waals surface area (Å²) in [6, 6.07) is 13.1. The van der Waals surface area contributed by atoms with Gasteiger partial charge in [-0.15, -0.1) is 0 Å². The molecule has 0 aliphatic carbocycles. The molecular formula is C16H20INO. The molecule has 1 aromatic heterocycles. The first kappa shape index (κ1) is 14.6. The van der Waals surface area contributed by atoms with E-state index in [2.05, 4.69) is 65.2 Å². The summed E-state index contributed by atoms with van der Waals surface area (Å²) in [5.41, 5.74) is 1.34. The minimum Gasteiger partial charge on any atom is -0.465 e. The van der Waals surface area contributed by atoms with Crippen LogP contribution in [0.1, 0.15) is 36.5 Å². The van der Waals surface area contributed by atoms with E-state index in [1.165, 1.54) is 9.13 Å². The van der Waals surface area contributed by atoms with Crippen molar-refractivity contribution in [2.45, 2.75) is 32.7 Å². The first-order valence-corrected chi connectivity index (χ1v) is 7.81. The molecule has 0 fully saturated rings. The Morgan fingerprint density at radius 2 is 1.89 bits per heavy atom. The zero-order chi connectivity index (χ0) is 13.7. The van der Waals surface area contributed by atoms with Gasteiger partial charge >= 0.3 is 0 Å². The van der Waals surface area contributed by atoms with Crippen LogP contribution in [0.4, 0.5) is 0 Å². The molecule has 0 amide bonds. The highest BCUT2D eigenvalue weighted by Crippen LogP contribution is 2.21. The Labute approximate surface area is 128 Å². The molecule has 3 heteroatoms. The average Bonchev–Trinajstić information content (AvgIpc) is 2.83. The van der Waals surface area contributed by atoms with E-state index in [-0.39, 0.29) is 6.04 Å². The van der Waals surface area contributed by atoms with Gasteiger partial charge in [-0.2, -0.15) is 0 Å². The summed E-state index contributed by atoms with van der Waals surface area (Å²) in [6.45, 7) is 5.18. The Balaban J connectivity index is 2.11. The largest absolute Gasteiger partial charge is 0.465 e. The predicted molar refractivity (Wildman–Crippen MR) is 87.3 cm³/mol. The highest BCUT2D eigenvalue weighted by molar-refractivity contribution is 14.1. The zero-order valence-electron chi connectivity index (χ0n) is 11.4. The lowest BCUT2D eigenvalue weighted by molar-refractivity contribution is 0.398. The Kier molecular flexibility index (Phi) is 5.45. The van der Waals surface area contributed by atoms with Crippen molar-refractivity contribution in [2.24, 2.45) is 0 Å². The molecule has 0 aliphatic heterocycles. The van der Waals surface area contributed by atoms with Crippen LogP contribution in [0.5, 0.6) is 0 Å². The van der Waals surface area contributed by atoms with E-state index in [1.807, 2.05) is 13.0 Å². The van der Waals surface area contributed by atoms with Gasteiger partial charge in [0.05, 0.1) is 6.04 Å². The molecule has 0 radical (unpaired) electrons.